The van der Waals surface area contributed by atoms with E-state index in [0.29, 0.717) is 6.04 Å². The molecular weight excluding hydrogens is 230 g/mol. The topological polar surface area (TPSA) is 12.0 Å². The maximum atomic E-state index is 3.60. The van der Waals surface area contributed by atoms with E-state index < -0.39 is 0 Å². The van der Waals surface area contributed by atoms with Crippen LogP contribution in [-0.2, 0) is 0 Å². The summed E-state index contributed by atoms with van der Waals surface area (Å²) in [5.74, 6) is 1.75. The minimum absolute atomic E-state index is 0.536. The number of hydrogen-bond acceptors (Lipinski definition) is 1. The lowest BCUT2D eigenvalue weighted by molar-refractivity contribution is 0.214. The zero-order chi connectivity index (χ0) is 13.8. The van der Waals surface area contributed by atoms with Crippen LogP contribution in [-0.4, -0.2) is 7.05 Å². The van der Waals surface area contributed by atoms with Crippen molar-refractivity contribution in [2.24, 2.45) is 11.8 Å². The average Bonchev–Trinajstić information content (AvgIpc) is 2.44. The third kappa shape index (κ3) is 3.20. The second-order valence-electron chi connectivity index (χ2n) is 6.26. The summed E-state index contributed by atoms with van der Waals surface area (Å²) in [5, 5.41) is 3.60. The standard InChI is InChI=1S/C18H29N/c1-5-15-9-7-10-16(12-15)18(19-4)17-11-6-8-13(2)14(17)3/h6,8,11,15-16,18-19H,5,7,9-10,12H2,1-4H3. The minimum atomic E-state index is 0.536. The van der Waals surface area contributed by atoms with E-state index >= 15 is 0 Å². The van der Waals surface area contributed by atoms with Crippen molar-refractivity contribution in [3.63, 3.8) is 0 Å². The SMILES string of the molecule is CCC1CCCC(C(NC)c2cccc(C)c2C)C1. The van der Waals surface area contributed by atoms with E-state index in [4.69, 9.17) is 0 Å². The van der Waals surface area contributed by atoms with Gasteiger partial charge in [-0.25, -0.2) is 0 Å². The molecule has 0 aromatic heterocycles. The Kier molecular flexibility index (Phi) is 5.04. The maximum Gasteiger partial charge on any atom is 0.0348 e. The summed E-state index contributed by atoms with van der Waals surface area (Å²) in [7, 11) is 2.13. The molecule has 106 valence electrons. The molecule has 19 heavy (non-hydrogen) atoms. The predicted octanol–water partition coefficient (Wildman–Crippen LogP) is 4.78. The van der Waals surface area contributed by atoms with Crippen molar-refractivity contribution in [2.45, 2.75) is 58.9 Å². The zero-order valence-electron chi connectivity index (χ0n) is 13.0. The van der Waals surface area contributed by atoms with Crippen LogP contribution in [0.25, 0.3) is 0 Å². The van der Waals surface area contributed by atoms with Crippen molar-refractivity contribution in [1.29, 1.82) is 0 Å². The first-order valence-electron chi connectivity index (χ1n) is 7.90. The van der Waals surface area contributed by atoms with Crippen LogP contribution in [0.15, 0.2) is 18.2 Å². The van der Waals surface area contributed by atoms with Crippen LogP contribution in [0.1, 0.15) is 61.8 Å². The highest BCUT2D eigenvalue weighted by atomic mass is 14.9. The van der Waals surface area contributed by atoms with Gasteiger partial charge in [0.05, 0.1) is 0 Å². The smallest absolute Gasteiger partial charge is 0.0348 e. The van der Waals surface area contributed by atoms with Gasteiger partial charge in [0.1, 0.15) is 0 Å². The van der Waals surface area contributed by atoms with Gasteiger partial charge < -0.3 is 5.32 Å². The summed E-state index contributed by atoms with van der Waals surface area (Å²) in [4.78, 5) is 0. The molecule has 0 saturated heterocycles. The summed E-state index contributed by atoms with van der Waals surface area (Å²) in [6.45, 7) is 6.84. The minimum Gasteiger partial charge on any atom is -0.313 e. The van der Waals surface area contributed by atoms with Gasteiger partial charge in [0, 0.05) is 6.04 Å². The lowest BCUT2D eigenvalue weighted by Gasteiger charge is -2.35. The van der Waals surface area contributed by atoms with Gasteiger partial charge in [-0.3, -0.25) is 0 Å². The van der Waals surface area contributed by atoms with Crippen molar-refractivity contribution in [1.82, 2.24) is 5.32 Å². The molecule has 1 N–H and O–H groups in total. The third-order valence-electron chi connectivity index (χ3n) is 5.16. The fourth-order valence-electron chi connectivity index (χ4n) is 3.76. The molecule has 0 radical (unpaired) electrons. The van der Waals surface area contributed by atoms with Gasteiger partial charge in [-0.05, 0) is 62.3 Å². The van der Waals surface area contributed by atoms with Gasteiger partial charge in [0.2, 0.25) is 0 Å². The second kappa shape index (κ2) is 6.56. The monoisotopic (exact) mass is 259 g/mol. The molecule has 1 saturated carbocycles. The van der Waals surface area contributed by atoms with E-state index in [1.54, 1.807) is 0 Å². The van der Waals surface area contributed by atoms with Gasteiger partial charge in [0.25, 0.3) is 0 Å². The van der Waals surface area contributed by atoms with Crippen LogP contribution in [0.4, 0.5) is 0 Å². The van der Waals surface area contributed by atoms with Gasteiger partial charge in [-0.2, -0.15) is 0 Å². The van der Waals surface area contributed by atoms with Crippen LogP contribution in [0.2, 0.25) is 0 Å². The van der Waals surface area contributed by atoms with Crippen LogP contribution in [0.3, 0.4) is 0 Å². The van der Waals surface area contributed by atoms with Crippen molar-refractivity contribution in [3.05, 3.63) is 34.9 Å². The highest BCUT2D eigenvalue weighted by Gasteiger charge is 2.28. The van der Waals surface area contributed by atoms with Gasteiger partial charge in [-0.15, -0.1) is 0 Å². The van der Waals surface area contributed by atoms with Crippen molar-refractivity contribution < 1.29 is 0 Å². The Hall–Kier alpha value is -0.820. The molecule has 0 spiro atoms. The molecule has 1 fully saturated rings. The summed E-state index contributed by atoms with van der Waals surface area (Å²) >= 11 is 0. The Morgan fingerprint density at radius 2 is 2.05 bits per heavy atom. The summed E-state index contributed by atoms with van der Waals surface area (Å²) in [6.07, 6.45) is 6.98. The Morgan fingerprint density at radius 3 is 2.74 bits per heavy atom. The molecule has 1 aromatic carbocycles. The van der Waals surface area contributed by atoms with Gasteiger partial charge >= 0.3 is 0 Å². The van der Waals surface area contributed by atoms with E-state index in [9.17, 15) is 0 Å². The molecule has 3 unspecified atom stereocenters. The summed E-state index contributed by atoms with van der Waals surface area (Å²) < 4.78 is 0. The molecule has 0 aliphatic heterocycles. The summed E-state index contributed by atoms with van der Waals surface area (Å²) in [6, 6.07) is 7.29. The van der Waals surface area contributed by atoms with Crippen LogP contribution < -0.4 is 5.32 Å². The highest BCUT2D eigenvalue weighted by Crippen LogP contribution is 2.39. The number of rotatable bonds is 4. The van der Waals surface area contributed by atoms with Crippen molar-refractivity contribution in [3.8, 4) is 0 Å². The van der Waals surface area contributed by atoms with E-state index in [2.05, 4.69) is 51.3 Å². The molecule has 1 aliphatic rings. The van der Waals surface area contributed by atoms with E-state index in [1.807, 2.05) is 0 Å². The molecule has 1 heteroatoms. The third-order valence-corrected chi connectivity index (χ3v) is 5.16. The lowest BCUT2D eigenvalue weighted by Crippen LogP contribution is -2.30. The van der Waals surface area contributed by atoms with Crippen molar-refractivity contribution in [2.75, 3.05) is 7.05 Å². The van der Waals surface area contributed by atoms with Crippen LogP contribution in [0.5, 0.6) is 0 Å². The molecule has 0 amide bonds. The molecule has 1 aromatic rings. The molecule has 1 nitrogen and oxygen atoms in total. The zero-order valence-corrected chi connectivity index (χ0v) is 13.0. The van der Waals surface area contributed by atoms with Gasteiger partial charge in [-0.1, -0.05) is 44.4 Å². The number of hydrogen-bond donors (Lipinski definition) is 1. The number of nitrogens with one attached hydrogen (secondary N) is 1. The molecule has 2 rings (SSSR count). The number of benzene rings is 1. The number of aryl methyl sites for hydroxylation is 1. The first kappa shape index (κ1) is 14.6. The van der Waals surface area contributed by atoms with E-state index in [-0.39, 0.29) is 0 Å². The Balaban J connectivity index is 2.21. The Labute approximate surface area is 118 Å². The Morgan fingerprint density at radius 1 is 1.26 bits per heavy atom. The molecule has 3 atom stereocenters. The average molecular weight is 259 g/mol. The molecule has 1 aliphatic carbocycles. The van der Waals surface area contributed by atoms with Crippen LogP contribution in [0, 0.1) is 25.7 Å². The molecule has 0 heterocycles. The maximum absolute atomic E-state index is 3.60. The highest BCUT2D eigenvalue weighted by molar-refractivity contribution is 5.35. The van der Waals surface area contributed by atoms with E-state index in [1.165, 1.54) is 48.8 Å². The quantitative estimate of drug-likeness (QED) is 0.820. The van der Waals surface area contributed by atoms with Gasteiger partial charge in [0.15, 0.2) is 0 Å². The van der Waals surface area contributed by atoms with Crippen LogP contribution >= 0.6 is 0 Å². The first-order chi connectivity index (χ1) is 9.17. The molecular formula is C18H29N. The molecule has 0 bridgehead atoms. The summed E-state index contributed by atoms with van der Waals surface area (Å²) in [5.41, 5.74) is 4.41. The van der Waals surface area contributed by atoms with Crippen molar-refractivity contribution >= 4 is 0 Å². The normalized spacial score (nSPS) is 25.3. The fourth-order valence-corrected chi connectivity index (χ4v) is 3.76. The van der Waals surface area contributed by atoms with E-state index in [0.717, 1.165) is 11.8 Å². The first-order valence-corrected chi connectivity index (χ1v) is 7.90. The lowest BCUT2D eigenvalue weighted by atomic mass is 9.74. The largest absolute Gasteiger partial charge is 0.313 e. The fraction of sp³-hybridized carbons (Fsp3) is 0.667. The predicted molar refractivity (Wildman–Crippen MR) is 83.5 cm³/mol. The Bertz CT molecular complexity index is 410. The second-order valence-corrected chi connectivity index (χ2v) is 6.26.